The molecule has 3 heterocycles. The third-order valence-electron chi connectivity index (χ3n) is 5.20. The van der Waals surface area contributed by atoms with Gasteiger partial charge in [0.1, 0.15) is 0 Å². The van der Waals surface area contributed by atoms with Crippen LogP contribution in [0.4, 0.5) is 5.69 Å². The summed E-state index contributed by atoms with van der Waals surface area (Å²) in [4.78, 5) is 23.0. The summed E-state index contributed by atoms with van der Waals surface area (Å²) in [5.41, 5.74) is 3.65. The van der Waals surface area contributed by atoms with Crippen LogP contribution in [0.15, 0.2) is 47.6 Å². The molecule has 1 aromatic carbocycles. The van der Waals surface area contributed by atoms with Crippen molar-refractivity contribution in [1.29, 1.82) is 0 Å². The van der Waals surface area contributed by atoms with Crippen LogP contribution in [0.25, 0.3) is 0 Å². The van der Waals surface area contributed by atoms with E-state index in [1.165, 1.54) is 21.7 Å². The zero-order chi connectivity index (χ0) is 17.2. The summed E-state index contributed by atoms with van der Waals surface area (Å²) in [7, 11) is 0. The summed E-state index contributed by atoms with van der Waals surface area (Å²) in [5.74, 6) is 1.36. The third kappa shape index (κ3) is 3.25. The first-order valence-electron chi connectivity index (χ1n) is 8.90. The first-order chi connectivity index (χ1) is 12.2. The average Bonchev–Trinajstić information content (AvgIpc) is 2.67. The Labute approximate surface area is 153 Å². The number of fused-ring (bicyclic) bond motifs is 1. The van der Waals surface area contributed by atoms with Crippen LogP contribution in [0.3, 0.4) is 0 Å². The van der Waals surface area contributed by atoms with E-state index in [-0.39, 0.29) is 5.92 Å². The van der Waals surface area contributed by atoms with Crippen LogP contribution >= 0.6 is 11.8 Å². The molecule has 1 unspecified atom stereocenters. The van der Waals surface area contributed by atoms with Crippen molar-refractivity contribution in [2.75, 3.05) is 36.8 Å². The Morgan fingerprint density at radius 2 is 1.96 bits per heavy atom. The molecule has 25 heavy (non-hydrogen) atoms. The van der Waals surface area contributed by atoms with Crippen LogP contribution in [0.2, 0.25) is 0 Å². The number of benzene rings is 1. The molecule has 2 aliphatic heterocycles. The topological polar surface area (TPSA) is 36.4 Å². The summed E-state index contributed by atoms with van der Waals surface area (Å²) in [6, 6.07) is 10.4. The number of nitrogens with zero attached hydrogens (tertiary/aromatic N) is 3. The molecular weight excluding hydrogens is 330 g/mol. The van der Waals surface area contributed by atoms with Crippen LogP contribution in [0.5, 0.6) is 0 Å². The van der Waals surface area contributed by atoms with Gasteiger partial charge in [-0.05, 0) is 42.4 Å². The maximum absolute atomic E-state index is 13.1. The van der Waals surface area contributed by atoms with Crippen LogP contribution in [-0.4, -0.2) is 47.7 Å². The van der Waals surface area contributed by atoms with Crippen LogP contribution in [0, 0.1) is 6.92 Å². The molecule has 2 aliphatic rings. The van der Waals surface area contributed by atoms with Crippen molar-refractivity contribution in [3.63, 3.8) is 0 Å². The molecule has 0 bridgehead atoms. The van der Waals surface area contributed by atoms with Gasteiger partial charge in [0, 0.05) is 37.3 Å². The van der Waals surface area contributed by atoms with E-state index < -0.39 is 0 Å². The molecule has 1 fully saturated rings. The zero-order valence-corrected chi connectivity index (χ0v) is 15.3. The number of hydrogen-bond acceptors (Lipinski definition) is 4. The van der Waals surface area contributed by atoms with E-state index in [4.69, 9.17) is 0 Å². The Bertz CT molecular complexity index is 771. The molecule has 0 spiro atoms. The second-order valence-corrected chi connectivity index (χ2v) is 7.84. The molecule has 5 heteroatoms. The van der Waals surface area contributed by atoms with E-state index in [9.17, 15) is 4.79 Å². The lowest BCUT2D eigenvalue weighted by Gasteiger charge is -2.38. The molecule has 1 amide bonds. The van der Waals surface area contributed by atoms with Gasteiger partial charge >= 0.3 is 0 Å². The van der Waals surface area contributed by atoms with Gasteiger partial charge in [-0.25, -0.2) is 0 Å². The van der Waals surface area contributed by atoms with E-state index in [2.05, 4.69) is 39.9 Å². The van der Waals surface area contributed by atoms with Crippen molar-refractivity contribution in [3.8, 4) is 0 Å². The number of pyridine rings is 1. The lowest BCUT2D eigenvalue weighted by molar-refractivity contribution is -0.133. The van der Waals surface area contributed by atoms with Gasteiger partial charge in [-0.2, -0.15) is 0 Å². The highest BCUT2D eigenvalue weighted by molar-refractivity contribution is 7.99. The molecule has 4 nitrogen and oxygen atoms in total. The Morgan fingerprint density at radius 1 is 1.16 bits per heavy atom. The Hall–Kier alpha value is -2.01. The molecule has 0 saturated carbocycles. The molecule has 1 atom stereocenters. The molecule has 1 saturated heterocycles. The van der Waals surface area contributed by atoms with Gasteiger partial charge in [-0.3, -0.25) is 9.78 Å². The number of aromatic nitrogens is 1. The van der Waals surface area contributed by atoms with E-state index in [1.54, 1.807) is 0 Å². The van der Waals surface area contributed by atoms with Crippen molar-refractivity contribution in [2.24, 2.45) is 0 Å². The summed E-state index contributed by atoms with van der Waals surface area (Å²) < 4.78 is 0. The minimum absolute atomic E-state index is 0.0316. The number of piperazine rings is 1. The summed E-state index contributed by atoms with van der Waals surface area (Å²) in [6.45, 7) is 5.45. The highest BCUT2D eigenvalue weighted by Crippen LogP contribution is 2.38. The van der Waals surface area contributed by atoms with Gasteiger partial charge in [0.25, 0.3) is 0 Å². The van der Waals surface area contributed by atoms with Crippen molar-refractivity contribution in [1.82, 2.24) is 9.88 Å². The maximum atomic E-state index is 13.1. The second-order valence-electron chi connectivity index (χ2n) is 6.70. The number of thioether (sulfide) groups is 1. The van der Waals surface area contributed by atoms with Crippen LogP contribution in [0.1, 0.15) is 23.5 Å². The number of carbonyl (C=O) groups is 1. The smallest absolute Gasteiger partial charge is 0.230 e. The summed E-state index contributed by atoms with van der Waals surface area (Å²) in [5, 5.41) is 0. The van der Waals surface area contributed by atoms with E-state index in [0.717, 1.165) is 38.4 Å². The molecule has 130 valence electrons. The molecule has 0 aliphatic carbocycles. The van der Waals surface area contributed by atoms with Gasteiger partial charge in [0.05, 0.1) is 17.8 Å². The number of hydrogen-bond donors (Lipinski definition) is 0. The van der Waals surface area contributed by atoms with E-state index in [0.29, 0.717) is 5.91 Å². The third-order valence-corrected chi connectivity index (χ3v) is 6.32. The number of amides is 1. The molecular formula is C20H23N3OS. The van der Waals surface area contributed by atoms with Crippen molar-refractivity contribution in [3.05, 3.63) is 53.9 Å². The van der Waals surface area contributed by atoms with E-state index >= 15 is 0 Å². The lowest BCUT2D eigenvalue weighted by Crippen LogP contribution is -2.50. The average molecular weight is 353 g/mol. The zero-order valence-electron chi connectivity index (χ0n) is 14.5. The predicted octanol–water partition coefficient (Wildman–Crippen LogP) is 3.32. The Kier molecular flexibility index (Phi) is 4.66. The normalized spacial score (nSPS) is 20.3. The molecule has 4 rings (SSSR count). The van der Waals surface area contributed by atoms with Gasteiger partial charge in [-0.15, -0.1) is 11.8 Å². The first-order valence-corrected chi connectivity index (χ1v) is 9.88. The standard InChI is InChI=1S/C20H23N3OS/c1-15-6-8-21-14-18(15)22-9-11-23(12-10-22)20(24)17-7-13-25-19-5-3-2-4-16(17)19/h2-6,8,14,17H,7,9-13H2,1H3. The fraction of sp³-hybridized carbons (Fsp3) is 0.400. The molecule has 2 aromatic rings. The quantitative estimate of drug-likeness (QED) is 0.830. The van der Waals surface area contributed by atoms with Gasteiger partial charge in [0.2, 0.25) is 5.91 Å². The number of rotatable bonds is 2. The largest absolute Gasteiger partial charge is 0.367 e. The minimum Gasteiger partial charge on any atom is -0.367 e. The number of carbonyl (C=O) groups excluding carboxylic acids is 1. The Balaban J connectivity index is 1.45. The van der Waals surface area contributed by atoms with Gasteiger partial charge in [0.15, 0.2) is 0 Å². The number of aryl methyl sites for hydroxylation is 1. The highest BCUT2D eigenvalue weighted by Gasteiger charge is 2.32. The number of anilines is 1. The lowest BCUT2D eigenvalue weighted by atomic mass is 9.94. The van der Waals surface area contributed by atoms with Crippen molar-refractivity contribution in [2.45, 2.75) is 24.2 Å². The minimum atomic E-state index is 0.0316. The predicted molar refractivity (Wildman–Crippen MR) is 102 cm³/mol. The molecule has 1 aromatic heterocycles. The Morgan fingerprint density at radius 3 is 2.76 bits per heavy atom. The molecule has 0 N–H and O–H groups in total. The van der Waals surface area contributed by atoms with Crippen molar-refractivity contribution < 1.29 is 4.79 Å². The van der Waals surface area contributed by atoms with Crippen molar-refractivity contribution >= 4 is 23.4 Å². The fourth-order valence-corrected chi connectivity index (χ4v) is 4.90. The summed E-state index contributed by atoms with van der Waals surface area (Å²) in [6.07, 6.45) is 4.71. The highest BCUT2D eigenvalue weighted by atomic mass is 32.2. The van der Waals surface area contributed by atoms with Crippen LogP contribution in [-0.2, 0) is 4.79 Å². The molecule has 0 radical (unpaired) electrons. The second kappa shape index (κ2) is 7.08. The first kappa shape index (κ1) is 16.5. The SMILES string of the molecule is Cc1ccncc1N1CCN(C(=O)C2CCSc3ccccc32)CC1. The monoisotopic (exact) mass is 353 g/mol. The van der Waals surface area contributed by atoms with Gasteiger partial charge < -0.3 is 9.80 Å². The van der Waals surface area contributed by atoms with E-state index in [1.807, 2.05) is 36.3 Å². The fourth-order valence-electron chi connectivity index (χ4n) is 3.77. The van der Waals surface area contributed by atoms with Gasteiger partial charge in [-0.1, -0.05) is 18.2 Å². The van der Waals surface area contributed by atoms with Crippen LogP contribution < -0.4 is 4.90 Å². The summed E-state index contributed by atoms with van der Waals surface area (Å²) >= 11 is 1.87. The maximum Gasteiger partial charge on any atom is 0.230 e.